The van der Waals surface area contributed by atoms with Crippen LogP contribution in [-0.2, 0) is 6.42 Å². The quantitative estimate of drug-likeness (QED) is 0.851. The molecule has 1 aliphatic carbocycles. The zero-order chi connectivity index (χ0) is 13.5. The lowest BCUT2D eigenvalue weighted by atomic mass is 9.92. The summed E-state index contributed by atoms with van der Waals surface area (Å²) in [5, 5.41) is 0. The average molecular weight is 260 g/mol. The minimum atomic E-state index is 0.531. The molecule has 0 aromatic heterocycles. The Bertz CT molecular complexity index is 344. The predicted octanol–water partition coefficient (Wildman–Crippen LogP) is 3.21. The van der Waals surface area contributed by atoms with Crippen molar-refractivity contribution < 1.29 is 0 Å². The Kier molecular flexibility index (Phi) is 5.87. The molecule has 0 amide bonds. The van der Waals surface area contributed by atoms with Gasteiger partial charge in [0.25, 0.3) is 0 Å². The second kappa shape index (κ2) is 7.66. The molecule has 2 heteroatoms. The van der Waals surface area contributed by atoms with Crippen molar-refractivity contribution >= 4 is 0 Å². The number of aryl methyl sites for hydroxylation is 1. The van der Waals surface area contributed by atoms with Gasteiger partial charge in [-0.25, -0.2) is 0 Å². The molecule has 106 valence electrons. The van der Waals surface area contributed by atoms with Gasteiger partial charge in [-0.2, -0.15) is 0 Å². The molecule has 1 saturated carbocycles. The van der Waals surface area contributed by atoms with Gasteiger partial charge in [0.15, 0.2) is 0 Å². The highest BCUT2D eigenvalue weighted by molar-refractivity contribution is 5.14. The largest absolute Gasteiger partial charge is 0.329 e. The highest BCUT2D eigenvalue weighted by atomic mass is 15.2. The van der Waals surface area contributed by atoms with Crippen LogP contribution >= 0.6 is 0 Å². The normalized spacial score (nSPS) is 18.7. The van der Waals surface area contributed by atoms with E-state index in [-0.39, 0.29) is 0 Å². The Hall–Kier alpha value is -0.860. The lowest BCUT2D eigenvalue weighted by Gasteiger charge is -2.36. The zero-order valence-electron chi connectivity index (χ0n) is 12.2. The Morgan fingerprint density at radius 1 is 1.16 bits per heavy atom. The van der Waals surface area contributed by atoms with Crippen LogP contribution < -0.4 is 5.73 Å². The van der Waals surface area contributed by atoms with Crippen LogP contribution in [0.1, 0.15) is 44.1 Å². The highest BCUT2D eigenvalue weighted by Crippen LogP contribution is 2.24. The second-order valence-electron chi connectivity index (χ2n) is 5.87. The first-order chi connectivity index (χ1) is 9.31. The van der Waals surface area contributed by atoms with Gasteiger partial charge < -0.3 is 5.73 Å². The maximum atomic E-state index is 6.00. The summed E-state index contributed by atoms with van der Waals surface area (Å²) in [5.41, 5.74) is 7.43. The SMILES string of the molecule is CN(C(CN)CCc1ccccc1)C1CCCCC1. The van der Waals surface area contributed by atoms with Crippen LogP contribution in [0.5, 0.6) is 0 Å². The summed E-state index contributed by atoms with van der Waals surface area (Å²) in [6, 6.07) is 12.1. The molecule has 19 heavy (non-hydrogen) atoms. The van der Waals surface area contributed by atoms with Gasteiger partial charge in [0.05, 0.1) is 0 Å². The smallest absolute Gasteiger partial charge is 0.0221 e. The lowest BCUT2D eigenvalue weighted by molar-refractivity contribution is 0.134. The summed E-state index contributed by atoms with van der Waals surface area (Å²) in [6.45, 7) is 0.778. The van der Waals surface area contributed by atoms with Gasteiger partial charge in [-0.05, 0) is 38.3 Å². The van der Waals surface area contributed by atoms with Crippen LogP contribution in [0, 0.1) is 0 Å². The third-order valence-electron chi connectivity index (χ3n) is 4.61. The zero-order valence-corrected chi connectivity index (χ0v) is 12.2. The molecule has 1 aliphatic rings. The Morgan fingerprint density at radius 3 is 2.47 bits per heavy atom. The number of hydrogen-bond acceptors (Lipinski definition) is 2. The molecule has 2 nitrogen and oxygen atoms in total. The molecular formula is C17H28N2. The molecular weight excluding hydrogens is 232 g/mol. The molecule has 0 bridgehead atoms. The molecule has 0 spiro atoms. The van der Waals surface area contributed by atoms with Gasteiger partial charge in [-0.1, -0.05) is 49.6 Å². The molecule has 0 radical (unpaired) electrons. The lowest BCUT2D eigenvalue weighted by Crippen LogP contribution is -2.45. The van der Waals surface area contributed by atoms with Crippen LogP contribution in [0.3, 0.4) is 0 Å². The van der Waals surface area contributed by atoms with E-state index in [4.69, 9.17) is 5.73 Å². The van der Waals surface area contributed by atoms with Gasteiger partial charge in [0.1, 0.15) is 0 Å². The van der Waals surface area contributed by atoms with E-state index >= 15 is 0 Å². The number of benzene rings is 1. The summed E-state index contributed by atoms with van der Waals surface area (Å²) in [5.74, 6) is 0. The number of rotatable bonds is 6. The fourth-order valence-electron chi connectivity index (χ4n) is 3.25. The van der Waals surface area contributed by atoms with E-state index in [9.17, 15) is 0 Å². The first-order valence-corrected chi connectivity index (χ1v) is 7.77. The van der Waals surface area contributed by atoms with Gasteiger partial charge in [0.2, 0.25) is 0 Å². The van der Waals surface area contributed by atoms with E-state index in [0.29, 0.717) is 6.04 Å². The standard InChI is InChI=1S/C17H28N2/c1-19(16-10-6-3-7-11-16)17(14-18)13-12-15-8-4-2-5-9-15/h2,4-5,8-9,16-17H,3,6-7,10-14,18H2,1H3. The van der Waals surface area contributed by atoms with Crippen LogP contribution in [0.4, 0.5) is 0 Å². The molecule has 0 aliphatic heterocycles. The van der Waals surface area contributed by atoms with Crippen LogP contribution in [-0.4, -0.2) is 30.6 Å². The number of likely N-dealkylation sites (N-methyl/N-ethyl adjacent to an activating group) is 1. The van der Waals surface area contributed by atoms with Crippen molar-refractivity contribution in [3.63, 3.8) is 0 Å². The average Bonchev–Trinajstić information content (AvgIpc) is 2.49. The van der Waals surface area contributed by atoms with Crippen molar-refractivity contribution in [2.75, 3.05) is 13.6 Å². The van der Waals surface area contributed by atoms with Gasteiger partial charge in [-0.3, -0.25) is 4.90 Å². The van der Waals surface area contributed by atoms with Crippen molar-refractivity contribution in [1.82, 2.24) is 4.90 Å². The molecule has 0 saturated heterocycles. The van der Waals surface area contributed by atoms with Gasteiger partial charge in [-0.15, -0.1) is 0 Å². The molecule has 0 heterocycles. The van der Waals surface area contributed by atoms with Crippen molar-refractivity contribution in [1.29, 1.82) is 0 Å². The van der Waals surface area contributed by atoms with Crippen LogP contribution in [0.25, 0.3) is 0 Å². The van der Waals surface area contributed by atoms with Crippen molar-refractivity contribution in [3.05, 3.63) is 35.9 Å². The first-order valence-electron chi connectivity index (χ1n) is 7.77. The van der Waals surface area contributed by atoms with Crippen LogP contribution in [0.2, 0.25) is 0 Å². The topological polar surface area (TPSA) is 29.3 Å². The van der Waals surface area contributed by atoms with E-state index in [1.54, 1.807) is 0 Å². The third-order valence-corrected chi connectivity index (χ3v) is 4.61. The molecule has 1 unspecified atom stereocenters. The fraction of sp³-hybridized carbons (Fsp3) is 0.647. The Morgan fingerprint density at radius 2 is 1.84 bits per heavy atom. The first kappa shape index (κ1) is 14.5. The summed E-state index contributed by atoms with van der Waals surface area (Å²) in [4.78, 5) is 2.56. The molecule has 1 atom stereocenters. The molecule has 2 N–H and O–H groups in total. The Labute approximate surface area is 118 Å². The van der Waals surface area contributed by atoms with Gasteiger partial charge in [0, 0.05) is 18.6 Å². The van der Waals surface area contributed by atoms with Crippen molar-refractivity contribution in [3.8, 4) is 0 Å². The highest BCUT2D eigenvalue weighted by Gasteiger charge is 2.23. The number of nitrogens with two attached hydrogens (primary N) is 1. The molecule has 2 rings (SSSR count). The van der Waals surface area contributed by atoms with Gasteiger partial charge >= 0.3 is 0 Å². The van der Waals surface area contributed by atoms with Crippen molar-refractivity contribution in [2.45, 2.75) is 57.0 Å². The summed E-state index contributed by atoms with van der Waals surface area (Å²) >= 11 is 0. The number of hydrogen-bond donors (Lipinski definition) is 1. The monoisotopic (exact) mass is 260 g/mol. The maximum Gasteiger partial charge on any atom is 0.0221 e. The summed E-state index contributed by atoms with van der Waals surface area (Å²) in [6.07, 6.45) is 9.24. The number of nitrogens with zero attached hydrogens (tertiary/aromatic N) is 1. The predicted molar refractivity (Wildman–Crippen MR) is 82.2 cm³/mol. The van der Waals surface area contributed by atoms with Crippen molar-refractivity contribution in [2.24, 2.45) is 5.73 Å². The second-order valence-corrected chi connectivity index (χ2v) is 5.87. The van der Waals surface area contributed by atoms with E-state index < -0.39 is 0 Å². The van der Waals surface area contributed by atoms with E-state index in [1.165, 1.54) is 44.1 Å². The molecule has 1 aromatic carbocycles. The van der Waals surface area contributed by atoms with E-state index in [2.05, 4.69) is 42.3 Å². The summed E-state index contributed by atoms with van der Waals surface area (Å²) in [7, 11) is 2.28. The third kappa shape index (κ3) is 4.32. The van der Waals surface area contributed by atoms with Crippen LogP contribution in [0.15, 0.2) is 30.3 Å². The minimum absolute atomic E-state index is 0.531. The minimum Gasteiger partial charge on any atom is -0.329 e. The van der Waals surface area contributed by atoms with E-state index in [1.807, 2.05) is 0 Å². The molecule has 1 fully saturated rings. The molecule has 1 aromatic rings. The fourth-order valence-corrected chi connectivity index (χ4v) is 3.25. The summed E-state index contributed by atoms with van der Waals surface area (Å²) < 4.78 is 0. The maximum absolute atomic E-state index is 6.00. The Balaban J connectivity index is 1.84. The van der Waals surface area contributed by atoms with E-state index in [0.717, 1.165) is 19.0 Å².